The lowest BCUT2D eigenvalue weighted by Crippen LogP contribution is -2.43. The number of hydrogen-bond acceptors (Lipinski definition) is 3. The fourth-order valence-corrected chi connectivity index (χ4v) is 7.36. The number of nitrogens with two attached hydrogens (primary N) is 1. The molecule has 5 atom stereocenters. The molecule has 0 aromatic rings. The molecular formula is C30H51NO2. The lowest BCUT2D eigenvalue weighted by Gasteiger charge is -2.51. The van der Waals surface area contributed by atoms with Crippen molar-refractivity contribution < 1.29 is 9.84 Å². The number of rotatable bonds is 9. The Morgan fingerprint density at radius 2 is 1.97 bits per heavy atom. The van der Waals surface area contributed by atoms with Gasteiger partial charge in [0.15, 0.2) is 0 Å². The molecule has 0 heterocycles. The normalized spacial score (nSPS) is 36.4. The first kappa shape index (κ1) is 26.7. The molecule has 0 saturated heterocycles. The summed E-state index contributed by atoms with van der Waals surface area (Å²) in [5, 5.41) is 10.1. The van der Waals surface area contributed by atoms with Gasteiger partial charge >= 0.3 is 0 Å². The van der Waals surface area contributed by atoms with Crippen molar-refractivity contribution in [1.29, 1.82) is 0 Å². The van der Waals surface area contributed by atoms with E-state index in [1.807, 2.05) is 13.8 Å². The summed E-state index contributed by atoms with van der Waals surface area (Å²) >= 11 is 0. The van der Waals surface area contributed by atoms with Gasteiger partial charge in [-0.1, -0.05) is 63.5 Å². The second-order valence-corrected chi connectivity index (χ2v) is 12.4. The molecule has 33 heavy (non-hydrogen) atoms. The zero-order chi connectivity index (χ0) is 24.3. The molecule has 3 N–H and O–H groups in total. The van der Waals surface area contributed by atoms with Gasteiger partial charge in [0.2, 0.25) is 0 Å². The second-order valence-electron chi connectivity index (χ2n) is 12.4. The maximum Gasteiger partial charge on any atom is 0.0619 e. The van der Waals surface area contributed by atoms with Gasteiger partial charge in [0, 0.05) is 6.54 Å². The zero-order valence-electron chi connectivity index (χ0n) is 22.2. The average molecular weight is 458 g/mol. The predicted molar refractivity (Wildman–Crippen MR) is 140 cm³/mol. The van der Waals surface area contributed by atoms with Gasteiger partial charge in [-0.15, -0.1) is 0 Å². The average Bonchev–Trinajstić information content (AvgIpc) is 3.02. The molecule has 3 nitrogen and oxygen atoms in total. The maximum absolute atomic E-state index is 10.1. The molecule has 3 rings (SSSR count). The van der Waals surface area contributed by atoms with Crippen LogP contribution in [0.2, 0.25) is 0 Å². The van der Waals surface area contributed by atoms with Crippen LogP contribution in [0.4, 0.5) is 0 Å². The van der Waals surface area contributed by atoms with Gasteiger partial charge in [0.05, 0.1) is 18.3 Å². The molecule has 3 fully saturated rings. The standard InChI is InChI=1S/C30H51NO2/c1-22-11-14-26(33-20-19-31)21-24(22)12-13-25-10-8-17-30(6)27(15-18-29(25,30)5)23(2)9-7-16-28(3,4)32/h12-13,23,26-27,32H,1,7-11,14-21,31H2,2-6H3/b24-12-,25-13+/t23-,26+,27-,29+,30-/m1/s1. The Kier molecular flexibility index (Phi) is 8.73. The quantitative estimate of drug-likeness (QED) is 0.388. The van der Waals surface area contributed by atoms with Gasteiger partial charge in [0.25, 0.3) is 0 Å². The molecule has 3 aliphatic carbocycles. The van der Waals surface area contributed by atoms with Crippen molar-refractivity contribution in [2.75, 3.05) is 13.2 Å². The van der Waals surface area contributed by atoms with E-state index in [0.29, 0.717) is 24.0 Å². The van der Waals surface area contributed by atoms with Gasteiger partial charge < -0.3 is 15.6 Å². The number of ether oxygens (including phenoxy) is 1. The van der Waals surface area contributed by atoms with Crippen molar-refractivity contribution >= 4 is 0 Å². The SMILES string of the molecule is C=C1CC[C@H](OCCN)C/C1=C/C=C1\CCC[C@]2(C)[C@@H]([C@H](C)CCCC(C)(C)O)CC[C@@]12C. The van der Waals surface area contributed by atoms with Crippen LogP contribution in [0.5, 0.6) is 0 Å². The molecule has 3 heteroatoms. The van der Waals surface area contributed by atoms with E-state index in [4.69, 9.17) is 10.5 Å². The highest BCUT2D eigenvalue weighted by molar-refractivity contribution is 5.37. The highest BCUT2D eigenvalue weighted by atomic mass is 16.5. The highest BCUT2D eigenvalue weighted by Crippen LogP contribution is 2.67. The molecular weight excluding hydrogens is 406 g/mol. The van der Waals surface area contributed by atoms with E-state index in [0.717, 1.165) is 43.9 Å². The molecule has 3 aliphatic rings. The van der Waals surface area contributed by atoms with Crippen LogP contribution in [-0.4, -0.2) is 30.0 Å². The van der Waals surface area contributed by atoms with Crippen molar-refractivity contribution in [3.05, 3.63) is 35.5 Å². The van der Waals surface area contributed by atoms with E-state index < -0.39 is 5.60 Å². The van der Waals surface area contributed by atoms with Crippen molar-refractivity contribution in [1.82, 2.24) is 0 Å². The zero-order valence-corrected chi connectivity index (χ0v) is 22.2. The summed E-state index contributed by atoms with van der Waals surface area (Å²) in [7, 11) is 0. The van der Waals surface area contributed by atoms with Crippen LogP contribution in [0.1, 0.15) is 105 Å². The van der Waals surface area contributed by atoms with Gasteiger partial charge in [0.1, 0.15) is 0 Å². The predicted octanol–water partition coefficient (Wildman–Crippen LogP) is 7.11. The monoisotopic (exact) mass is 457 g/mol. The Morgan fingerprint density at radius 3 is 2.67 bits per heavy atom. The molecule has 0 unspecified atom stereocenters. The second kappa shape index (κ2) is 10.8. The summed E-state index contributed by atoms with van der Waals surface area (Å²) in [4.78, 5) is 0. The van der Waals surface area contributed by atoms with Crippen LogP contribution in [0, 0.1) is 22.7 Å². The molecule has 0 aromatic heterocycles. The van der Waals surface area contributed by atoms with Crippen LogP contribution < -0.4 is 5.73 Å². The van der Waals surface area contributed by atoms with Gasteiger partial charge in [-0.05, 0) is 99.9 Å². The fourth-order valence-electron chi connectivity index (χ4n) is 7.36. The first-order chi connectivity index (χ1) is 15.5. The number of hydrogen-bond donors (Lipinski definition) is 2. The molecule has 0 aromatic carbocycles. The Hall–Kier alpha value is -0.900. The van der Waals surface area contributed by atoms with E-state index in [1.165, 1.54) is 49.7 Å². The lowest BCUT2D eigenvalue weighted by molar-refractivity contribution is 0.0299. The topological polar surface area (TPSA) is 55.5 Å². The van der Waals surface area contributed by atoms with Crippen molar-refractivity contribution in [2.45, 2.75) is 117 Å². The summed E-state index contributed by atoms with van der Waals surface area (Å²) in [5.74, 6) is 1.50. The van der Waals surface area contributed by atoms with E-state index in [-0.39, 0.29) is 6.10 Å². The molecule has 188 valence electrons. The fraction of sp³-hybridized carbons (Fsp3) is 0.800. The Labute approximate surface area is 203 Å². The van der Waals surface area contributed by atoms with Crippen LogP contribution in [0.25, 0.3) is 0 Å². The molecule has 0 radical (unpaired) electrons. The van der Waals surface area contributed by atoms with Crippen LogP contribution in [0.3, 0.4) is 0 Å². The third kappa shape index (κ3) is 6.03. The Balaban J connectivity index is 1.73. The Morgan fingerprint density at radius 1 is 1.21 bits per heavy atom. The number of allylic oxidation sites excluding steroid dienone is 4. The van der Waals surface area contributed by atoms with Gasteiger partial charge in [-0.3, -0.25) is 0 Å². The molecule has 3 saturated carbocycles. The van der Waals surface area contributed by atoms with Crippen molar-refractivity contribution in [3.8, 4) is 0 Å². The molecule has 0 amide bonds. The summed E-state index contributed by atoms with van der Waals surface area (Å²) < 4.78 is 5.96. The summed E-state index contributed by atoms with van der Waals surface area (Å²) in [6.07, 6.45) is 18.0. The minimum Gasteiger partial charge on any atom is -0.390 e. The van der Waals surface area contributed by atoms with E-state index in [1.54, 1.807) is 5.57 Å². The smallest absolute Gasteiger partial charge is 0.0619 e. The summed E-state index contributed by atoms with van der Waals surface area (Å²) in [5.41, 5.74) is 10.1. The van der Waals surface area contributed by atoms with Gasteiger partial charge in [-0.25, -0.2) is 0 Å². The number of aliphatic hydroxyl groups is 1. The first-order valence-corrected chi connectivity index (χ1v) is 13.6. The minimum absolute atomic E-state index is 0.288. The maximum atomic E-state index is 10.1. The highest BCUT2D eigenvalue weighted by Gasteiger charge is 2.57. The van der Waals surface area contributed by atoms with Crippen molar-refractivity contribution in [3.63, 3.8) is 0 Å². The van der Waals surface area contributed by atoms with Crippen molar-refractivity contribution in [2.24, 2.45) is 28.4 Å². The van der Waals surface area contributed by atoms with Gasteiger partial charge in [-0.2, -0.15) is 0 Å². The van der Waals surface area contributed by atoms with E-state index in [2.05, 4.69) is 39.5 Å². The van der Waals surface area contributed by atoms with E-state index >= 15 is 0 Å². The first-order valence-electron chi connectivity index (χ1n) is 13.6. The van der Waals surface area contributed by atoms with E-state index in [9.17, 15) is 5.11 Å². The van der Waals surface area contributed by atoms with Crippen LogP contribution >= 0.6 is 0 Å². The minimum atomic E-state index is -0.542. The molecule has 0 bridgehead atoms. The van der Waals surface area contributed by atoms with Crippen LogP contribution in [-0.2, 0) is 4.74 Å². The third-order valence-corrected chi connectivity index (χ3v) is 9.65. The summed E-state index contributed by atoms with van der Waals surface area (Å²) in [6, 6.07) is 0. The third-order valence-electron chi connectivity index (χ3n) is 9.65. The van der Waals surface area contributed by atoms with Crippen LogP contribution in [0.15, 0.2) is 35.5 Å². The Bertz CT molecular complexity index is 745. The lowest BCUT2D eigenvalue weighted by atomic mass is 9.53. The summed E-state index contributed by atoms with van der Waals surface area (Å²) in [6.45, 7) is 17.1. The molecule has 0 aliphatic heterocycles. The number of fused-ring (bicyclic) bond motifs is 1. The largest absolute Gasteiger partial charge is 0.390 e. The molecule has 0 spiro atoms.